The van der Waals surface area contributed by atoms with E-state index in [1.54, 1.807) is 37.6 Å². The van der Waals surface area contributed by atoms with Crippen molar-refractivity contribution in [2.75, 3.05) is 25.0 Å². The number of hydrogen-bond donors (Lipinski definition) is 0. The summed E-state index contributed by atoms with van der Waals surface area (Å²) >= 11 is 0. The maximum atomic E-state index is 13.6. The van der Waals surface area contributed by atoms with Gasteiger partial charge in [0, 0.05) is 31.5 Å². The van der Waals surface area contributed by atoms with Crippen molar-refractivity contribution in [3.05, 3.63) is 65.9 Å². The maximum Gasteiger partial charge on any atom is 0.264 e. The first-order chi connectivity index (χ1) is 15.4. The number of nitrogens with zero attached hydrogens (tertiary/aromatic N) is 2. The number of fused-ring (bicyclic) bond motifs is 4. The quantitative estimate of drug-likeness (QED) is 0.716. The second kappa shape index (κ2) is 6.75. The van der Waals surface area contributed by atoms with E-state index in [9.17, 15) is 13.2 Å². The number of carbonyl (C=O) groups is 1. The average molecular weight is 453 g/mol. The molecule has 0 unspecified atom stereocenters. The first-order valence-corrected chi connectivity index (χ1v) is 12.2. The molecule has 1 saturated heterocycles. The lowest BCUT2D eigenvalue weighted by Crippen LogP contribution is -2.57. The molecule has 6 rings (SSSR count). The van der Waals surface area contributed by atoms with Crippen molar-refractivity contribution >= 4 is 21.6 Å². The van der Waals surface area contributed by atoms with Crippen molar-refractivity contribution in [3.8, 4) is 5.75 Å². The number of sulfonamides is 1. The van der Waals surface area contributed by atoms with E-state index in [4.69, 9.17) is 9.47 Å². The number of piperidine rings is 1. The maximum absolute atomic E-state index is 13.6. The van der Waals surface area contributed by atoms with Crippen molar-refractivity contribution in [2.24, 2.45) is 5.92 Å². The molecule has 0 saturated carbocycles. The van der Waals surface area contributed by atoms with Crippen LogP contribution in [-0.2, 0) is 19.6 Å². The van der Waals surface area contributed by atoms with E-state index in [1.807, 2.05) is 30.2 Å². The van der Waals surface area contributed by atoms with Crippen LogP contribution in [0, 0.1) is 5.92 Å². The van der Waals surface area contributed by atoms with Gasteiger partial charge in [0.05, 0.1) is 29.9 Å². The summed E-state index contributed by atoms with van der Waals surface area (Å²) in [7, 11) is -0.318. The Morgan fingerprint density at radius 1 is 1.12 bits per heavy atom. The molecule has 166 valence electrons. The van der Waals surface area contributed by atoms with Crippen LogP contribution >= 0.6 is 0 Å². The number of rotatable bonds is 3. The number of ether oxygens (including phenoxy) is 2. The van der Waals surface area contributed by atoms with Gasteiger partial charge in [0.1, 0.15) is 11.9 Å². The number of carbonyl (C=O) groups excluding carboxylic acids is 1. The molecule has 2 aromatic rings. The highest BCUT2D eigenvalue weighted by atomic mass is 32.2. The second-order valence-corrected chi connectivity index (χ2v) is 10.8. The minimum absolute atomic E-state index is 0.0139. The van der Waals surface area contributed by atoms with Crippen molar-refractivity contribution in [3.63, 3.8) is 0 Å². The first-order valence-electron chi connectivity index (χ1n) is 10.8. The highest BCUT2D eigenvalue weighted by Crippen LogP contribution is 2.54. The highest BCUT2D eigenvalue weighted by Gasteiger charge is 2.55. The number of likely N-dealkylation sites (tertiary alicyclic amines) is 1. The largest absolute Gasteiger partial charge is 0.497 e. The standard InChI is InChI=1S/C24H24N2O5S/c1-25-20-12-14-13-26(32(28,29)16-8-6-15(30-2)7-9-16)19-5-3-4-17(21(14)19)22(20)23-18(24(25)27)10-11-31-23/h3-11,14,18,20,22-23H,12-13H2,1-2H3/t14-,18-,20+,22+,23+/m0/s1. The zero-order chi connectivity index (χ0) is 22.2. The summed E-state index contributed by atoms with van der Waals surface area (Å²) in [4.78, 5) is 15.0. The molecular formula is C24H24N2O5S. The van der Waals surface area contributed by atoms with E-state index in [0.29, 0.717) is 12.3 Å². The average Bonchev–Trinajstić information content (AvgIpc) is 3.44. The van der Waals surface area contributed by atoms with Crippen molar-refractivity contribution < 1.29 is 22.7 Å². The summed E-state index contributed by atoms with van der Waals surface area (Å²) in [5, 5.41) is 0. The molecule has 0 bridgehead atoms. The third kappa shape index (κ3) is 2.53. The highest BCUT2D eigenvalue weighted by molar-refractivity contribution is 7.92. The predicted molar refractivity (Wildman–Crippen MR) is 118 cm³/mol. The molecular weight excluding hydrogens is 428 g/mol. The van der Waals surface area contributed by atoms with Crippen molar-refractivity contribution in [1.82, 2.24) is 4.90 Å². The van der Waals surface area contributed by atoms with E-state index < -0.39 is 10.0 Å². The Morgan fingerprint density at radius 3 is 2.66 bits per heavy atom. The molecule has 0 radical (unpaired) electrons. The topological polar surface area (TPSA) is 76.1 Å². The summed E-state index contributed by atoms with van der Waals surface area (Å²) in [6, 6.07) is 12.4. The monoisotopic (exact) mass is 452 g/mol. The van der Waals surface area contributed by atoms with Gasteiger partial charge in [-0.15, -0.1) is 0 Å². The molecule has 1 fully saturated rings. The van der Waals surface area contributed by atoms with Crippen LogP contribution in [0.4, 0.5) is 5.69 Å². The second-order valence-electron chi connectivity index (χ2n) is 8.92. The molecule has 32 heavy (non-hydrogen) atoms. The van der Waals surface area contributed by atoms with E-state index in [2.05, 4.69) is 6.07 Å². The van der Waals surface area contributed by atoms with Gasteiger partial charge in [-0.1, -0.05) is 12.1 Å². The van der Waals surface area contributed by atoms with Gasteiger partial charge >= 0.3 is 0 Å². The summed E-state index contributed by atoms with van der Waals surface area (Å²) in [6.45, 7) is 0.374. The fraction of sp³-hybridized carbons (Fsp3) is 0.375. The zero-order valence-electron chi connectivity index (χ0n) is 17.8. The van der Waals surface area contributed by atoms with Crippen LogP contribution in [0.15, 0.2) is 59.7 Å². The number of anilines is 1. The molecule has 0 spiro atoms. The van der Waals surface area contributed by atoms with E-state index in [0.717, 1.165) is 23.2 Å². The minimum atomic E-state index is -3.73. The lowest BCUT2D eigenvalue weighted by molar-refractivity contribution is -0.145. The number of benzene rings is 2. The minimum Gasteiger partial charge on any atom is -0.497 e. The Hall–Kier alpha value is -3.00. The molecule has 5 atom stereocenters. The molecule has 2 aromatic carbocycles. The van der Waals surface area contributed by atoms with Crippen molar-refractivity contribution in [2.45, 2.75) is 35.3 Å². The lowest BCUT2D eigenvalue weighted by Gasteiger charge is -2.48. The van der Waals surface area contributed by atoms with Crippen LogP contribution < -0.4 is 9.04 Å². The predicted octanol–water partition coefficient (Wildman–Crippen LogP) is 2.84. The number of likely N-dealkylation sites (N-methyl/N-ethyl adjacent to an activating group) is 1. The van der Waals surface area contributed by atoms with Gasteiger partial charge in [0.15, 0.2) is 0 Å². The smallest absolute Gasteiger partial charge is 0.264 e. The Kier molecular flexibility index (Phi) is 4.15. The van der Waals surface area contributed by atoms with Crippen LogP contribution in [0.1, 0.15) is 29.4 Å². The summed E-state index contributed by atoms with van der Waals surface area (Å²) < 4.78 is 39.8. The van der Waals surface area contributed by atoms with Crippen LogP contribution in [0.3, 0.4) is 0 Å². The van der Waals surface area contributed by atoms with Crippen LogP contribution in [0.2, 0.25) is 0 Å². The SMILES string of the molecule is COc1ccc(S(=O)(=O)N2C[C@@H]3C[C@@H]4[C@@H](c5cccc2c53)[C@@H]2OC=C[C@@H]2C(=O)N4C)cc1. The van der Waals surface area contributed by atoms with E-state index in [1.165, 1.54) is 4.31 Å². The molecule has 1 aliphatic carbocycles. The summed E-state index contributed by atoms with van der Waals surface area (Å²) in [6.07, 6.45) is 3.97. The fourth-order valence-electron chi connectivity index (χ4n) is 5.99. The number of methoxy groups -OCH3 is 1. The summed E-state index contributed by atoms with van der Waals surface area (Å²) in [5.41, 5.74) is 2.93. The Morgan fingerprint density at radius 2 is 1.91 bits per heavy atom. The molecule has 1 amide bonds. The molecule has 3 heterocycles. The van der Waals surface area contributed by atoms with Gasteiger partial charge in [-0.05, 0) is 54.0 Å². The van der Waals surface area contributed by atoms with Gasteiger partial charge < -0.3 is 14.4 Å². The number of amides is 1. The molecule has 3 aliphatic heterocycles. The Labute approximate surface area is 187 Å². The van der Waals surface area contributed by atoms with E-state index >= 15 is 0 Å². The molecule has 4 aliphatic rings. The fourth-order valence-corrected chi connectivity index (χ4v) is 7.52. The van der Waals surface area contributed by atoms with Crippen molar-refractivity contribution in [1.29, 1.82) is 0 Å². The molecule has 8 heteroatoms. The van der Waals surface area contributed by atoms with Crippen LogP contribution in [0.25, 0.3) is 0 Å². The van der Waals surface area contributed by atoms with Gasteiger partial charge in [0.25, 0.3) is 10.0 Å². The first kappa shape index (κ1) is 19.7. The van der Waals surface area contributed by atoms with Crippen LogP contribution in [0.5, 0.6) is 5.75 Å². The normalized spacial score (nSPS) is 29.9. The third-order valence-corrected chi connectivity index (χ3v) is 9.28. The van der Waals surface area contributed by atoms with Gasteiger partial charge in [-0.2, -0.15) is 0 Å². The van der Waals surface area contributed by atoms with Gasteiger partial charge in [0.2, 0.25) is 5.91 Å². The van der Waals surface area contributed by atoms with Gasteiger partial charge in [-0.25, -0.2) is 8.42 Å². The van der Waals surface area contributed by atoms with Gasteiger partial charge in [-0.3, -0.25) is 9.10 Å². The van der Waals surface area contributed by atoms with E-state index in [-0.39, 0.29) is 40.7 Å². The molecule has 0 N–H and O–H groups in total. The Balaban J connectivity index is 1.44. The molecule has 0 aromatic heterocycles. The third-order valence-electron chi connectivity index (χ3n) is 7.49. The zero-order valence-corrected chi connectivity index (χ0v) is 18.7. The number of hydrogen-bond acceptors (Lipinski definition) is 5. The Bertz CT molecular complexity index is 1240. The van der Waals surface area contributed by atoms with Crippen LogP contribution in [-0.4, -0.2) is 52.1 Å². The molecule has 7 nitrogen and oxygen atoms in total. The lowest BCUT2D eigenvalue weighted by atomic mass is 9.67. The summed E-state index contributed by atoms with van der Waals surface area (Å²) in [5.74, 6) is 0.462.